The van der Waals surface area contributed by atoms with E-state index in [0.29, 0.717) is 17.4 Å². The number of benzene rings is 1. The summed E-state index contributed by atoms with van der Waals surface area (Å²) in [5.74, 6) is 0.474. The highest BCUT2D eigenvalue weighted by molar-refractivity contribution is 7.90. The van der Waals surface area contributed by atoms with Crippen molar-refractivity contribution in [1.29, 1.82) is 0 Å². The molecule has 6 heteroatoms. The fourth-order valence-electron chi connectivity index (χ4n) is 3.14. The van der Waals surface area contributed by atoms with Crippen LogP contribution in [0.5, 0.6) is 0 Å². The molecule has 25 heavy (non-hydrogen) atoms. The highest BCUT2D eigenvalue weighted by Crippen LogP contribution is 2.22. The van der Waals surface area contributed by atoms with Crippen LogP contribution in [0.25, 0.3) is 0 Å². The van der Waals surface area contributed by atoms with Crippen molar-refractivity contribution >= 4 is 15.9 Å². The third kappa shape index (κ3) is 6.34. The minimum atomic E-state index is -3.14. The quantitative estimate of drug-likeness (QED) is 0.690. The molecule has 0 bridgehead atoms. The molecule has 140 valence electrons. The molecule has 1 amide bonds. The number of sulfone groups is 1. The Morgan fingerprint density at radius 3 is 2.64 bits per heavy atom. The number of likely N-dealkylation sites (tertiary alicyclic amines) is 1. The molecule has 1 aliphatic rings. The summed E-state index contributed by atoms with van der Waals surface area (Å²) in [6.07, 6.45) is 7.00. The molecule has 1 aromatic rings. The molecule has 1 fully saturated rings. The molecule has 0 radical (unpaired) electrons. The summed E-state index contributed by atoms with van der Waals surface area (Å²) >= 11 is 0. The van der Waals surface area contributed by atoms with Gasteiger partial charge in [0.1, 0.15) is 0 Å². The number of unbranched alkanes of at least 4 members (excludes halogenated alkanes) is 1. The monoisotopic (exact) mass is 367 g/mol. The molecule has 0 aliphatic carbocycles. The number of carbonyl (C=O) groups excluding carboxylic acids is 1. The molecule has 0 saturated carbocycles. The summed E-state index contributed by atoms with van der Waals surface area (Å²) in [4.78, 5) is 14.3. The highest BCUT2D eigenvalue weighted by Gasteiger charge is 2.24. The van der Waals surface area contributed by atoms with Crippen LogP contribution in [0.1, 0.15) is 44.6 Å². The number of nitrogens with zero attached hydrogens (tertiary/aromatic N) is 1. The molecular weight excluding hydrogens is 338 g/mol. The highest BCUT2D eigenvalue weighted by atomic mass is 32.2. The Morgan fingerprint density at radius 1 is 1.28 bits per heavy atom. The van der Waals surface area contributed by atoms with E-state index >= 15 is 0 Å². The molecule has 0 N–H and O–H groups in total. The molecule has 5 nitrogen and oxygen atoms in total. The van der Waals surface area contributed by atoms with Gasteiger partial charge in [-0.2, -0.15) is 0 Å². The van der Waals surface area contributed by atoms with E-state index in [4.69, 9.17) is 4.74 Å². The maximum atomic E-state index is 12.1. The average Bonchev–Trinajstić information content (AvgIpc) is 2.60. The standard InChI is InChI=1S/C19H29NO4S/c1-3-4-14-24-19(21)20-13-5-6-17(15-20)8-7-16-9-11-18(12-10-16)25(2,22)23/h9-12,17H,3-8,13-15H2,1-2H3. The van der Waals surface area contributed by atoms with Crippen molar-refractivity contribution in [3.63, 3.8) is 0 Å². The van der Waals surface area contributed by atoms with E-state index in [9.17, 15) is 13.2 Å². The smallest absolute Gasteiger partial charge is 0.409 e. The van der Waals surface area contributed by atoms with E-state index < -0.39 is 9.84 Å². The van der Waals surface area contributed by atoms with Crippen LogP contribution >= 0.6 is 0 Å². The Morgan fingerprint density at radius 2 is 2.00 bits per heavy atom. The first-order valence-electron chi connectivity index (χ1n) is 9.11. The van der Waals surface area contributed by atoms with Crippen LogP contribution in [0.2, 0.25) is 0 Å². The number of hydrogen-bond donors (Lipinski definition) is 0. The van der Waals surface area contributed by atoms with Gasteiger partial charge in [-0.3, -0.25) is 0 Å². The number of aryl methyl sites for hydroxylation is 1. The van der Waals surface area contributed by atoms with Gasteiger partial charge >= 0.3 is 6.09 Å². The molecule has 1 unspecified atom stereocenters. The van der Waals surface area contributed by atoms with Crippen molar-refractivity contribution in [2.45, 2.75) is 50.3 Å². The fraction of sp³-hybridized carbons (Fsp3) is 0.632. The number of piperidine rings is 1. The maximum absolute atomic E-state index is 12.1. The van der Waals surface area contributed by atoms with Crippen LogP contribution in [0, 0.1) is 5.92 Å². The van der Waals surface area contributed by atoms with Crippen molar-refractivity contribution in [2.24, 2.45) is 5.92 Å². The molecule has 1 atom stereocenters. The Kier molecular flexibility index (Phi) is 7.29. The molecular formula is C19H29NO4S. The average molecular weight is 368 g/mol. The van der Waals surface area contributed by atoms with Crippen molar-refractivity contribution in [2.75, 3.05) is 26.0 Å². The Bertz CT molecular complexity index is 655. The van der Waals surface area contributed by atoms with E-state index in [2.05, 4.69) is 6.92 Å². The predicted molar refractivity (Wildman–Crippen MR) is 98.4 cm³/mol. The Hall–Kier alpha value is -1.56. The van der Waals surface area contributed by atoms with Crippen molar-refractivity contribution in [3.05, 3.63) is 29.8 Å². The van der Waals surface area contributed by atoms with E-state index in [1.165, 1.54) is 6.26 Å². The van der Waals surface area contributed by atoms with E-state index in [1.807, 2.05) is 17.0 Å². The van der Waals surface area contributed by atoms with Crippen molar-refractivity contribution in [3.8, 4) is 0 Å². The van der Waals surface area contributed by atoms with Gasteiger partial charge in [-0.25, -0.2) is 13.2 Å². The first-order chi connectivity index (χ1) is 11.9. The van der Waals surface area contributed by atoms with Gasteiger partial charge in [0.2, 0.25) is 0 Å². The number of ether oxygens (including phenoxy) is 1. The van der Waals surface area contributed by atoms with Gasteiger partial charge in [0.25, 0.3) is 0 Å². The third-order valence-electron chi connectivity index (χ3n) is 4.69. The summed E-state index contributed by atoms with van der Waals surface area (Å²) in [5, 5.41) is 0. The van der Waals surface area contributed by atoms with Crippen LogP contribution in [-0.4, -0.2) is 45.4 Å². The van der Waals surface area contributed by atoms with Gasteiger partial charge in [0, 0.05) is 19.3 Å². The molecule has 1 heterocycles. The Labute approximate surface area is 151 Å². The largest absolute Gasteiger partial charge is 0.449 e. The summed E-state index contributed by atoms with van der Waals surface area (Å²) in [7, 11) is -3.14. The number of amides is 1. The summed E-state index contributed by atoms with van der Waals surface area (Å²) in [6, 6.07) is 7.11. The molecule has 0 aromatic heterocycles. The van der Waals surface area contributed by atoms with Gasteiger partial charge in [-0.1, -0.05) is 25.5 Å². The van der Waals surface area contributed by atoms with Gasteiger partial charge in [-0.15, -0.1) is 0 Å². The molecule has 1 aromatic carbocycles. The predicted octanol–water partition coefficient (Wildman–Crippen LogP) is 3.67. The summed E-state index contributed by atoms with van der Waals surface area (Å²) < 4.78 is 28.3. The second-order valence-electron chi connectivity index (χ2n) is 6.88. The van der Waals surface area contributed by atoms with Crippen LogP contribution in [-0.2, 0) is 21.0 Å². The van der Waals surface area contributed by atoms with Crippen LogP contribution in [0.3, 0.4) is 0 Å². The number of hydrogen-bond acceptors (Lipinski definition) is 4. The molecule has 1 aliphatic heterocycles. The second kappa shape index (κ2) is 9.22. The lowest BCUT2D eigenvalue weighted by atomic mass is 9.92. The first-order valence-corrected chi connectivity index (χ1v) is 11.0. The number of rotatable bonds is 7. The Balaban J connectivity index is 1.81. The van der Waals surface area contributed by atoms with Crippen LogP contribution in [0.15, 0.2) is 29.2 Å². The van der Waals surface area contributed by atoms with E-state index in [1.54, 1.807) is 12.1 Å². The zero-order chi connectivity index (χ0) is 18.3. The van der Waals surface area contributed by atoms with E-state index in [-0.39, 0.29) is 6.09 Å². The molecule has 2 rings (SSSR count). The van der Waals surface area contributed by atoms with Crippen molar-refractivity contribution < 1.29 is 17.9 Å². The zero-order valence-electron chi connectivity index (χ0n) is 15.2. The van der Waals surface area contributed by atoms with Crippen molar-refractivity contribution in [1.82, 2.24) is 4.90 Å². The lowest BCUT2D eigenvalue weighted by Gasteiger charge is -2.32. The van der Waals surface area contributed by atoms with Crippen LogP contribution < -0.4 is 0 Å². The normalized spacial score (nSPS) is 18.2. The topological polar surface area (TPSA) is 63.7 Å². The van der Waals surface area contributed by atoms with E-state index in [0.717, 1.165) is 57.2 Å². The zero-order valence-corrected chi connectivity index (χ0v) is 16.1. The third-order valence-corrected chi connectivity index (χ3v) is 5.82. The SMILES string of the molecule is CCCCOC(=O)N1CCCC(CCc2ccc(S(C)(=O)=O)cc2)C1. The molecule has 1 saturated heterocycles. The lowest BCUT2D eigenvalue weighted by molar-refractivity contribution is 0.0823. The summed E-state index contributed by atoms with van der Waals surface area (Å²) in [5.41, 5.74) is 1.13. The minimum absolute atomic E-state index is 0.185. The van der Waals surface area contributed by atoms with Gasteiger partial charge in [0.05, 0.1) is 11.5 Å². The van der Waals surface area contributed by atoms with Crippen LogP contribution in [0.4, 0.5) is 4.79 Å². The minimum Gasteiger partial charge on any atom is -0.449 e. The number of carbonyl (C=O) groups is 1. The second-order valence-corrected chi connectivity index (χ2v) is 8.89. The van der Waals surface area contributed by atoms with Gasteiger partial charge < -0.3 is 9.64 Å². The lowest BCUT2D eigenvalue weighted by Crippen LogP contribution is -2.40. The molecule has 0 spiro atoms. The van der Waals surface area contributed by atoms with Gasteiger partial charge in [0.15, 0.2) is 9.84 Å². The van der Waals surface area contributed by atoms with Gasteiger partial charge in [-0.05, 0) is 55.7 Å². The summed E-state index contributed by atoms with van der Waals surface area (Å²) in [6.45, 7) is 4.12. The first kappa shape index (κ1) is 19.8. The maximum Gasteiger partial charge on any atom is 0.409 e. The fourth-order valence-corrected chi connectivity index (χ4v) is 3.77.